The topological polar surface area (TPSA) is 149 Å². The highest BCUT2D eigenvalue weighted by Crippen LogP contribution is 2.43. The van der Waals surface area contributed by atoms with Crippen molar-refractivity contribution >= 4 is 19.8 Å². The van der Waals surface area contributed by atoms with Crippen LogP contribution in [0.5, 0.6) is 0 Å². The summed E-state index contributed by atoms with van der Waals surface area (Å²) in [6, 6.07) is 0. The summed E-state index contributed by atoms with van der Waals surface area (Å²) in [6.07, 6.45) is 27.3. The first-order chi connectivity index (χ1) is 23.1. The number of hydrogen-bond acceptors (Lipinski definition) is 9. The quantitative estimate of drug-likeness (QED) is 0.0257. The Hall–Kier alpha value is -1.55. The largest absolute Gasteiger partial charge is 0.472 e. The second-order valence-electron chi connectivity index (χ2n) is 12.9. The zero-order valence-electron chi connectivity index (χ0n) is 30.4. The van der Waals surface area contributed by atoms with Crippen molar-refractivity contribution in [3.8, 4) is 0 Å². The highest BCUT2D eigenvalue weighted by Gasteiger charge is 2.27. The van der Waals surface area contributed by atoms with E-state index in [4.69, 9.17) is 19.1 Å². The summed E-state index contributed by atoms with van der Waals surface area (Å²) < 4.78 is 32.5. The number of rotatable bonds is 34. The Labute approximate surface area is 291 Å². The van der Waals surface area contributed by atoms with Gasteiger partial charge in [0.25, 0.3) is 0 Å². The minimum atomic E-state index is -4.61. The van der Waals surface area contributed by atoms with Gasteiger partial charge in [0.05, 0.1) is 19.8 Å². The van der Waals surface area contributed by atoms with Crippen molar-refractivity contribution in [3.05, 3.63) is 24.3 Å². The van der Waals surface area contributed by atoms with Gasteiger partial charge in [-0.05, 0) is 44.4 Å². The van der Waals surface area contributed by atoms with E-state index in [1.807, 2.05) is 0 Å². The van der Waals surface area contributed by atoms with Gasteiger partial charge in [-0.2, -0.15) is 0 Å². The summed E-state index contributed by atoms with van der Waals surface area (Å²) in [5.74, 6) is -0.174. The molecule has 0 rings (SSSR count). The van der Waals surface area contributed by atoms with E-state index in [1.165, 1.54) is 51.4 Å². The maximum atomic E-state index is 12.5. The van der Waals surface area contributed by atoms with Gasteiger partial charge in [-0.25, -0.2) is 4.57 Å². The van der Waals surface area contributed by atoms with Crippen molar-refractivity contribution in [1.29, 1.82) is 0 Å². The molecule has 0 bridgehead atoms. The lowest BCUT2D eigenvalue weighted by Crippen LogP contribution is -2.29. The average Bonchev–Trinajstić information content (AvgIpc) is 3.07. The lowest BCUT2D eigenvalue weighted by atomic mass is 10.00. The van der Waals surface area contributed by atoms with Crippen molar-refractivity contribution < 1.29 is 47.8 Å². The van der Waals surface area contributed by atoms with E-state index in [1.54, 1.807) is 0 Å². The molecule has 282 valence electrons. The molecule has 10 nitrogen and oxygen atoms in total. The highest BCUT2D eigenvalue weighted by molar-refractivity contribution is 7.47. The van der Waals surface area contributed by atoms with Crippen LogP contribution >= 0.6 is 7.82 Å². The second-order valence-corrected chi connectivity index (χ2v) is 14.3. The van der Waals surface area contributed by atoms with Crippen LogP contribution in [0.1, 0.15) is 156 Å². The minimum absolute atomic E-state index is 0.167. The van der Waals surface area contributed by atoms with Crippen LogP contribution in [0.25, 0.3) is 0 Å². The van der Waals surface area contributed by atoms with Crippen LogP contribution in [0.3, 0.4) is 0 Å². The van der Waals surface area contributed by atoms with Crippen LogP contribution in [0.15, 0.2) is 24.3 Å². The molecule has 0 aliphatic heterocycles. The minimum Gasteiger partial charge on any atom is -0.462 e. The molecule has 2 unspecified atom stereocenters. The average molecular weight is 705 g/mol. The normalized spacial score (nSPS) is 15.0. The monoisotopic (exact) mass is 704 g/mol. The number of carbonyl (C=O) groups is 2. The summed E-state index contributed by atoms with van der Waals surface area (Å²) >= 11 is 0. The first kappa shape index (κ1) is 46.5. The Balaban J connectivity index is 4.43. The lowest BCUT2D eigenvalue weighted by Gasteiger charge is -2.20. The maximum Gasteiger partial charge on any atom is 0.472 e. The zero-order chi connectivity index (χ0) is 35.7. The Morgan fingerprint density at radius 2 is 1.23 bits per heavy atom. The molecule has 0 radical (unpaired) electrons. The van der Waals surface area contributed by atoms with Crippen LogP contribution in [-0.4, -0.2) is 65.7 Å². The van der Waals surface area contributed by atoms with E-state index in [9.17, 15) is 24.2 Å². The third kappa shape index (κ3) is 31.7. The summed E-state index contributed by atoms with van der Waals surface area (Å²) in [6.45, 7) is 4.59. The van der Waals surface area contributed by atoms with Crippen molar-refractivity contribution in [1.82, 2.24) is 0 Å². The summed E-state index contributed by atoms with van der Waals surface area (Å²) in [4.78, 5) is 34.7. The number of allylic oxidation sites excluding steroid dienone is 4. The van der Waals surface area contributed by atoms with Crippen LogP contribution < -0.4 is 0 Å². The molecule has 3 N–H and O–H groups in total. The van der Waals surface area contributed by atoms with E-state index in [-0.39, 0.29) is 19.4 Å². The summed E-state index contributed by atoms with van der Waals surface area (Å²) in [7, 11) is -4.61. The Kier molecular flexibility index (Phi) is 31.6. The van der Waals surface area contributed by atoms with E-state index >= 15 is 0 Å². The van der Waals surface area contributed by atoms with Gasteiger partial charge >= 0.3 is 19.8 Å². The lowest BCUT2D eigenvalue weighted by molar-refractivity contribution is -0.161. The van der Waals surface area contributed by atoms with E-state index < -0.39 is 51.8 Å². The van der Waals surface area contributed by atoms with Gasteiger partial charge in [0.2, 0.25) is 0 Å². The SMILES string of the molecule is CCCCCC/C=C\C=C/CCCCCCCC(=O)O[C@H](COC(=O)CCCCCCCCC(C)CC)COP(=O)(O)OC[C@@H](O)CO. The van der Waals surface area contributed by atoms with Crippen molar-refractivity contribution in [2.45, 2.75) is 168 Å². The van der Waals surface area contributed by atoms with Crippen molar-refractivity contribution in [3.63, 3.8) is 0 Å². The third-order valence-electron chi connectivity index (χ3n) is 8.18. The van der Waals surface area contributed by atoms with Gasteiger partial charge < -0.3 is 24.6 Å². The molecule has 0 spiro atoms. The van der Waals surface area contributed by atoms with Crippen LogP contribution in [0.2, 0.25) is 0 Å². The molecule has 0 saturated heterocycles. The van der Waals surface area contributed by atoms with Gasteiger partial charge in [0.15, 0.2) is 6.10 Å². The molecule has 0 aliphatic rings. The van der Waals surface area contributed by atoms with Crippen molar-refractivity contribution in [2.75, 3.05) is 26.4 Å². The molecule has 0 heterocycles. The maximum absolute atomic E-state index is 12.5. The first-order valence-corrected chi connectivity index (χ1v) is 20.2. The van der Waals surface area contributed by atoms with Gasteiger partial charge in [0, 0.05) is 12.8 Å². The van der Waals surface area contributed by atoms with E-state index in [2.05, 4.69) is 49.6 Å². The number of ether oxygens (including phenoxy) is 2. The van der Waals surface area contributed by atoms with Gasteiger partial charge in [-0.15, -0.1) is 0 Å². The van der Waals surface area contributed by atoms with Gasteiger partial charge in [0.1, 0.15) is 12.7 Å². The molecule has 0 aromatic rings. The van der Waals surface area contributed by atoms with E-state index in [0.717, 1.165) is 63.7 Å². The number of hydrogen-bond donors (Lipinski definition) is 3. The number of aliphatic hydroxyl groups excluding tert-OH is 2. The number of phosphoric acid groups is 1. The fourth-order valence-electron chi connectivity index (χ4n) is 4.84. The zero-order valence-corrected chi connectivity index (χ0v) is 31.3. The number of aliphatic hydroxyl groups is 2. The molecule has 0 aliphatic carbocycles. The molecule has 4 atom stereocenters. The van der Waals surface area contributed by atoms with Crippen LogP contribution in [0, 0.1) is 5.92 Å². The first-order valence-electron chi connectivity index (χ1n) is 18.7. The molecule has 48 heavy (non-hydrogen) atoms. The predicted octanol–water partition coefficient (Wildman–Crippen LogP) is 8.91. The molecule has 0 fully saturated rings. The summed E-state index contributed by atoms with van der Waals surface area (Å²) in [5, 5.41) is 18.2. The predicted molar refractivity (Wildman–Crippen MR) is 191 cm³/mol. The smallest absolute Gasteiger partial charge is 0.462 e. The molecule has 0 saturated carbocycles. The number of unbranched alkanes of at least 4 members (excludes halogenated alkanes) is 14. The highest BCUT2D eigenvalue weighted by atomic mass is 31.2. The number of carbonyl (C=O) groups excluding carboxylic acids is 2. The fraction of sp³-hybridized carbons (Fsp3) is 0.838. The van der Waals surface area contributed by atoms with Crippen LogP contribution in [-0.2, 0) is 32.7 Å². The summed E-state index contributed by atoms with van der Waals surface area (Å²) in [5.41, 5.74) is 0. The standard InChI is InChI=1S/C37H69O10P/c1-4-6-7-8-9-10-11-12-13-14-15-16-17-22-25-28-37(41)47-35(32-46-48(42,43)45-30-34(39)29-38)31-44-36(40)27-24-21-19-18-20-23-26-33(3)5-2/h10-13,33-35,38-39H,4-9,14-32H2,1-3H3,(H,42,43)/b11-10-,13-12-/t33?,34-,35+/m0/s1. The molecule has 0 amide bonds. The Morgan fingerprint density at radius 1 is 0.708 bits per heavy atom. The van der Waals surface area contributed by atoms with E-state index in [0.29, 0.717) is 12.8 Å². The Bertz CT molecular complexity index is 878. The molecule has 0 aromatic heterocycles. The number of esters is 2. The van der Waals surface area contributed by atoms with Gasteiger partial charge in [-0.1, -0.05) is 129 Å². The number of phosphoric ester groups is 1. The van der Waals surface area contributed by atoms with Gasteiger partial charge in [-0.3, -0.25) is 18.6 Å². The third-order valence-corrected chi connectivity index (χ3v) is 9.13. The van der Waals surface area contributed by atoms with Crippen molar-refractivity contribution in [2.24, 2.45) is 5.92 Å². The van der Waals surface area contributed by atoms with Crippen LogP contribution in [0.4, 0.5) is 0 Å². The molecule has 0 aromatic carbocycles. The second kappa shape index (κ2) is 32.6. The molecule has 11 heteroatoms. The molecular weight excluding hydrogens is 635 g/mol. The fourth-order valence-corrected chi connectivity index (χ4v) is 5.63. The Morgan fingerprint density at radius 3 is 1.81 bits per heavy atom. The molecular formula is C37H69O10P.